The summed E-state index contributed by atoms with van der Waals surface area (Å²) in [5, 5.41) is 5.97. The highest BCUT2D eigenvalue weighted by molar-refractivity contribution is 9.10. The van der Waals surface area contributed by atoms with Gasteiger partial charge in [-0.2, -0.15) is 0 Å². The molecule has 2 amide bonds. The molecule has 1 saturated heterocycles. The van der Waals surface area contributed by atoms with E-state index in [4.69, 9.17) is 0 Å². The minimum atomic E-state index is -0.343. The molecule has 0 radical (unpaired) electrons. The van der Waals surface area contributed by atoms with Crippen molar-refractivity contribution < 1.29 is 9.59 Å². The first-order valence-corrected chi connectivity index (χ1v) is 11.2. The van der Waals surface area contributed by atoms with E-state index in [0.29, 0.717) is 17.8 Å². The fraction of sp³-hybridized carbons (Fsp3) is 0.417. The normalized spacial score (nSPS) is 17.4. The quantitative estimate of drug-likeness (QED) is 0.656. The minimum absolute atomic E-state index is 0.0232. The average Bonchev–Trinajstić information content (AvgIpc) is 2.67. The average molecular weight is 472 g/mol. The van der Waals surface area contributed by atoms with E-state index in [1.54, 1.807) is 12.1 Å². The number of benzene rings is 2. The summed E-state index contributed by atoms with van der Waals surface area (Å²) in [7, 11) is 0. The van der Waals surface area contributed by atoms with Crippen molar-refractivity contribution >= 4 is 33.4 Å². The van der Waals surface area contributed by atoms with Crippen LogP contribution in [0.3, 0.4) is 0 Å². The number of hydrogen-bond donors (Lipinski definition) is 2. The Morgan fingerprint density at radius 3 is 2.63 bits per heavy atom. The second kappa shape index (κ2) is 9.75. The number of para-hydroxylation sites is 1. The molecule has 2 aromatic carbocycles. The number of piperidine rings is 1. The van der Waals surface area contributed by atoms with Crippen LogP contribution in [0.1, 0.15) is 49.5 Å². The van der Waals surface area contributed by atoms with Crippen molar-refractivity contribution in [2.45, 2.75) is 45.7 Å². The van der Waals surface area contributed by atoms with Crippen molar-refractivity contribution in [3.63, 3.8) is 0 Å². The second-order valence-electron chi connectivity index (χ2n) is 8.94. The van der Waals surface area contributed by atoms with Crippen LogP contribution in [0.25, 0.3) is 0 Å². The Balaban J connectivity index is 1.65. The molecule has 1 fully saturated rings. The van der Waals surface area contributed by atoms with Crippen molar-refractivity contribution in [2.24, 2.45) is 5.92 Å². The fourth-order valence-corrected chi connectivity index (χ4v) is 4.19. The summed E-state index contributed by atoms with van der Waals surface area (Å²) in [6.45, 7) is 8.35. The molecule has 0 aromatic heterocycles. The Morgan fingerprint density at radius 2 is 1.90 bits per heavy atom. The topological polar surface area (TPSA) is 61.4 Å². The predicted octanol–water partition coefficient (Wildman–Crippen LogP) is 4.83. The molecule has 0 bridgehead atoms. The zero-order valence-corrected chi connectivity index (χ0v) is 19.5. The van der Waals surface area contributed by atoms with Crippen LogP contribution in [0.4, 0.5) is 5.69 Å². The highest BCUT2D eigenvalue weighted by Crippen LogP contribution is 2.23. The van der Waals surface area contributed by atoms with Gasteiger partial charge < -0.3 is 10.6 Å². The summed E-state index contributed by atoms with van der Waals surface area (Å²) in [5.74, 6) is -0.298. The van der Waals surface area contributed by atoms with Gasteiger partial charge in [0.15, 0.2) is 0 Å². The number of nitrogens with one attached hydrogen (secondary N) is 2. The van der Waals surface area contributed by atoms with Crippen molar-refractivity contribution in [1.82, 2.24) is 10.2 Å². The summed E-state index contributed by atoms with van der Waals surface area (Å²) < 4.78 is 1.07. The van der Waals surface area contributed by atoms with Crippen LogP contribution in [0, 0.1) is 5.92 Å². The Labute approximate surface area is 187 Å². The minimum Gasteiger partial charge on any atom is -0.347 e. The first-order chi connectivity index (χ1) is 14.2. The molecular weight excluding hydrogens is 442 g/mol. The Hall–Kier alpha value is -2.18. The summed E-state index contributed by atoms with van der Waals surface area (Å²) in [6, 6.07) is 15.5. The zero-order chi connectivity index (χ0) is 21.7. The van der Waals surface area contributed by atoms with Gasteiger partial charge in [-0.05, 0) is 70.0 Å². The Bertz CT molecular complexity index is 907. The number of carbonyl (C=O) groups is 2. The highest BCUT2D eigenvalue weighted by atomic mass is 79.9. The number of likely N-dealkylation sites (tertiary alicyclic amines) is 1. The lowest BCUT2D eigenvalue weighted by atomic mass is 9.96. The van der Waals surface area contributed by atoms with E-state index >= 15 is 0 Å². The van der Waals surface area contributed by atoms with E-state index in [-0.39, 0.29) is 23.3 Å². The number of carbonyl (C=O) groups excluding carboxylic acids is 2. The van der Waals surface area contributed by atoms with Crippen molar-refractivity contribution in [1.29, 1.82) is 0 Å². The van der Waals surface area contributed by atoms with Crippen LogP contribution in [0.2, 0.25) is 0 Å². The molecular formula is C24H30BrN3O2. The molecule has 2 aromatic rings. The molecule has 3 rings (SSSR count). The van der Waals surface area contributed by atoms with Crippen LogP contribution in [-0.2, 0) is 11.3 Å². The number of hydrogen-bond acceptors (Lipinski definition) is 3. The van der Waals surface area contributed by atoms with Gasteiger partial charge >= 0.3 is 0 Å². The number of anilines is 1. The van der Waals surface area contributed by atoms with Crippen LogP contribution in [0.5, 0.6) is 0 Å². The van der Waals surface area contributed by atoms with Crippen molar-refractivity contribution in [2.75, 3.05) is 18.4 Å². The fourth-order valence-electron chi connectivity index (χ4n) is 3.74. The van der Waals surface area contributed by atoms with E-state index in [9.17, 15) is 9.59 Å². The summed E-state index contributed by atoms with van der Waals surface area (Å²) in [6.07, 6.45) is 1.84. The smallest absolute Gasteiger partial charge is 0.253 e. The van der Waals surface area contributed by atoms with Gasteiger partial charge in [-0.15, -0.1) is 0 Å². The van der Waals surface area contributed by atoms with Crippen molar-refractivity contribution in [3.8, 4) is 0 Å². The number of nitrogens with zero attached hydrogens (tertiary/aromatic N) is 1. The molecule has 0 aliphatic carbocycles. The molecule has 1 aliphatic heterocycles. The summed E-state index contributed by atoms with van der Waals surface area (Å²) in [5.41, 5.74) is 1.94. The third kappa shape index (κ3) is 6.41. The van der Waals surface area contributed by atoms with E-state index in [1.807, 2.05) is 45.0 Å². The lowest BCUT2D eigenvalue weighted by Crippen LogP contribution is -2.42. The maximum absolute atomic E-state index is 13.0. The van der Waals surface area contributed by atoms with Gasteiger partial charge in [0.2, 0.25) is 5.91 Å². The molecule has 1 heterocycles. The van der Waals surface area contributed by atoms with Gasteiger partial charge in [0.05, 0.1) is 17.2 Å². The molecule has 1 atom stereocenters. The monoisotopic (exact) mass is 471 g/mol. The van der Waals surface area contributed by atoms with Crippen molar-refractivity contribution in [3.05, 3.63) is 64.1 Å². The molecule has 0 spiro atoms. The molecule has 1 aliphatic rings. The van der Waals surface area contributed by atoms with Gasteiger partial charge in [-0.1, -0.05) is 40.2 Å². The second-order valence-corrected chi connectivity index (χ2v) is 9.86. The van der Waals surface area contributed by atoms with E-state index < -0.39 is 0 Å². The molecule has 160 valence electrons. The van der Waals surface area contributed by atoms with Gasteiger partial charge in [0, 0.05) is 23.1 Å². The first kappa shape index (κ1) is 22.5. The summed E-state index contributed by atoms with van der Waals surface area (Å²) in [4.78, 5) is 28.0. The lowest BCUT2D eigenvalue weighted by molar-refractivity contribution is -0.121. The SMILES string of the molecule is CC(C)(C)NC(=O)c1ccccc1NC(=O)C1CCCN(Cc2cccc(Br)c2)C1. The predicted molar refractivity (Wildman–Crippen MR) is 124 cm³/mol. The molecule has 0 saturated carbocycles. The molecule has 5 nitrogen and oxygen atoms in total. The van der Waals surface area contributed by atoms with Gasteiger partial charge in [0.25, 0.3) is 5.91 Å². The molecule has 6 heteroatoms. The highest BCUT2D eigenvalue weighted by Gasteiger charge is 2.27. The van der Waals surface area contributed by atoms with Gasteiger partial charge in [-0.25, -0.2) is 0 Å². The van der Waals surface area contributed by atoms with E-state index in [0.717, 1.165) is 30.4 Å². The Kier molecular flexibility index (Phi) is 7.32. The molecule has 30 heavy (non-hydrogen) atoms. The number of halogens is 1. The van der Waals surface area contributed by atoms with Gasteiger partial charge in [0.1, 0.15) is 0 Å². The number of amides is 2. The van der Waals surface area contributed by atoms with Crippen LogP contribution in [0.15, 0.2) is 53.0 Å². The Morgan fingerprint density at radius 1 is 1.13 bits per heavy atom. The van der Waals surface area contributed by atoms with E-state index in [1.165, 1.54) is 5.56 Å². The first-order valence-electron chi connectivity index (χ1n) is 10.4. The van der Waals surface area contributed by atoms with E-state index in [2.05, 4.69) is 43.6 Å². The molecule has 2 N–H and O–H groups in total. The maximum atomic E-state index is 13.0. The van der Waals surface area contributed by atoms with Crippen LogP contribution >= 0.6 is 15.9 Å². The third-order valence-corrected chi connectivity index (χ3v) is 5.58. The standard InChI is InChI=1S/C24H30BrN3O2/c1-24(2,3)27-23(30)20-11-4-5-12-21(20)26-22(29)18-9-7-13-28(16-18)15-17-8-6-10-19(25)14-17/h4-6,8,10-12,14,18H,7,9,13,15-16H2,1-3H3,(H,26,29)(H,27,30). The number of rotatable bonds is 5. The third-order valence-electron chi connectivity index (χ3n) is 5.09. The molecule has 1 unspecified atom stereocenters. The maximum Gasteiger partial charge on any atom is 0.253 e. The largest absolute Gasteiger partial charge is 0.347 e. The van der Waals surface area contributed by atoms with Crippen LogP contribution < -0.4 is 10.6 Å². The van der Waals surface area contributed by atoms with Gasteiger partial charge in [-0.3, -0.25) is 14.5 Å². The summed E-state index contributed by atoms with van der Waals surface area (Å²) >= 11 is 3.52. The van der Waals surface area contributed by atoms with Crippen LogP contribution in [-0.4, -0.2) is 35.3 Å². The lowest BCUT2D eigenvalue weighted by Gasteiger charge is -2.32. The zero-order valence-electron chi connectivity index (χ0n) is 17.9.